The molecule has 2 rings (SSSR count). The van der Waals surface area contributed by atoms with E-state index in [0.29, 0.717) is 6.41 Å². The molecule has 4 nitrogen and oxygen atoms in total. The third-order valence-corrected chi connectivity index (χ3v) is 3.24. The van der Waals surface area contributed by atoms with E-state index < -0.39 is 0 Å². The summed E-state index contributed by atoms with van der Waals surface area (Å²) >= 11 is 6.90. The number of anilines is 2. The highest BCUT2D eigenvalue weighted by Gasteiger charge is 2.00. The molecule has 1 heterocycles. The van der Waals surface area contributed by atoms with Gasteiger partial charge in [-0.15, -0.1) is 22.9 Å². The number of rotatable bonds is 4. The van der Waals surface area contributed by atoms with Gasteiger partial charge in [-0.05, 0) is 25.1 Å². The van der Waals surface area contributed by atoms with Gasteiger partial charge in [0.25, 0.3) is 0 Å². The standard InChI is InChI=1S/C7H8ClNOS.C7H7NO/c1-5-2-6(4-11-5)9-7(10)3-8;9-6-8-7-4-2-1-3-5-7/h2,4H,3H2,1H3,(H,9,10);1-6H,(H,8,9). The Kier molecular flexibility index (Phi) is 7.39. The Hall–Kier alpha value is -1.85. The summed E-state index contributed by atoms with van der Waals surface area (Å²) in [6.07, 6.45) is 0.662. The molecular formula is C14H15ClN2O2S. The van der Waals surface area contributed by atoms with Gasteiger partial charge in [-0.3, -0.25) is 9.59 Å². The van der Waals surface area contributed by atoms with Crippen molar-refractivity contribution in [3.63, 3.8) is 0 Å². The van der Waals surface area contributed by atoms with Gasteiger partial charge in [0.15, 0.2) is 0 Å². The number of para-hydroxylation sites is 1. The Bertz CT molecular complexity index is 543. The minimum Gasteiger partial charge on any atom is -0.329 e. The molecule has 0 saturated heterocycles. The van der Waals surface area contributed by atoms with Gasteiger partial charge in [0.2, 0.25) is 12.3 Å². The van der Waals surface area contributed by atoms with E-state index in [2.05, 4.69) is 10.6 Å². The molecule has 0 saturated carbocycles. The number of hydrogen-bond acceptors (Lipinski definition) is 3. The van der Waals surface area contributed by atoms with E-state index in [1.54, 1.807) is 11.3 Å². The number of thiophene rings is 1. The van der Waals surface area contributed by atoms with Crippen molar-refractivity contribution in [1.82, 2.24) is 0 Å². The maximum Gasteiger partial charge on any atom is 0.239 e. The van der Waals surface area contributed by atoms with Crippen LogP contribution in [0.15, 0.2) is 41.8 Å². The van der Waals surface area contributed by atoms with Gasteiger partial charge in [0, 0.05) is 15.9 Å². The van der Waals surface area contributed by atoms with Crippen molar-refractivity contribution < 1.29 is 9.59 Å². The molecule has 0 aliphatic rings. The number of carbonyl (C=O) groups excluding carboxylic acids is 2. The number of halogens is 1. The second-order valence-electron chi connectivity index (χ2n) is 3.76. The predicted octanol–water partition coefficient (Wildman–Crippen LogP) is 3.49. The lowest BCUT2D eigenvalue weighted by Crippen LogP contribution is -2.11. The molecule has 6 heteroatoms. The lowest BCUT2D eigenvalue weighted by atomic mass is 10.3. The summed E-state index contributed by atoms with van der Waals surface area (Å²) in [6.45, 7) is 1.99. The molecular weight excluding hydrogens is 296 g/mol. The molecule has 0 spiro atoms. The predicted molar refractivity (Wildman–Crippen MR) is 84.5 cm³/mol. The Morgan fingerprint density at radius 3 is 2.50 bits per heavy atom. The highest BCUT2D eigenvalue weighted by atomic mass is 35.5. The summed E-state index contributed by atoms with van der Waals surface area (Å²) in [6, 6.07) is 11.2. The molecule has 0 bridgehead atoms. The van der Waals surface area contributed by atoms with E-state index in [0.717, 1.165) is 11.4 Å². The molecule has 2 amide bonds. The average Bonchev–Trinajstić information content (AvgIpc) is 2.86. The first-order valence-electron chi connectivity index (χ1n) is 5.82. The highest BCUT2D eigenvalue weighted by Crippen LogP contribution is 2.17. The zero-order valence-corrected chi connectivity index (χ0v) is 12.5. The zero-order valence-electron chi connectivity index (χ0n) is 10.9. The van der Waals surface area contributed by atoms with Gasteiger partial charge in [0.05, 0.1) is 5.69 Å². The zero-order chi connectivity index (χ0) is 14.8. The van der Waals surface area contributed by atoms with Crippen LogP contribution in [0.4, 0.5) is 11.4 Å². The first-order valence-corrected chi connectivity index (χ1v) is 7.23. The Morgan fingerprint density at radius 2 is 2.00 bits per heavy atom. The molecule has 0 fully saturated rings. The van der Waals surface area contributed by atoms with Crippen molar-refractivity contribution in [2.75, 3.05) is 16.5 Å². The monoisotopic (exact) mass is 310 g/mol. The quantitative estimate of drug-likeness (QED) is 0.671. The van der Waals surface area contributed by atoms with Crippen LogP contribution in [0, 0.1) is 6.92 Å². The van der Waals surface area contributed by atoms with Crippen LogP contribution in [0.2, 0.25) is 0 Å². The molecule has 2 aromatic rings. The summed E-state index contributed by atoms with van der Waals surface area (Å²) in [4.78, 5) is 21.8. The van der Waals surface area contributed by atoms with E-state index >= 15 is 0 Å². The maximum atomic E-state index is 10.8. The van der Waals surface area contributed by atoms with Crippen molar-refractivity contribution in [2.45, 2.75) is 6.92 Å². The number of carbonyl (C=O) groups is 2. The van der Waals surface area contributed by atoms with Crippen LogP contribution >= 0.6 is 22.9 Å². The number of hydrogen-bond donors (Lipinski definition) is 2. The molecule has 106 valence electrons. The molecule has 0 aliphatic carbocycles. The van der Waals surface area contributed by atoms with E-state index in [4.69, 9.17) is 11.6 Å². The van der Waals surface area contributed by atoms with E-state index in [9.17, 15) is 9.59 Å². The number of alkyl halides is 1. The van der Waals surface area contributed by atoms with Crippen LogP contribution in [-0.4, -0.2) is 18.2 Å². The van der Waals surface area contributed by atoms with Crippen molar-refractivity contribution in [2.24, 2.45) is 0 Å². The fourth-order valence-electron chi connectivity index (χ4n) is 1.31. The summed E-state index contributed by atoms with van der Waals surface area (Å²) in [7, 11) is 0. The number of benzene rings is 1. The molecule has 0 unspecified atom stereocenters. The maximum absolute atomic E-state index is 10.8. The largest absolute Gasteiger partial charge is 0.329 e. The van der Waals surface area contributed by atoms with E-state index in [1.807, 2.05) is 48.7 Å². The van der Waals surface area contributed by atoms with Gasteiger partial charge < -0.3 is 10.6 Å². The minimum absolute atomic E-state index is 0.00882. The van der Waals surface area contributed by atoms with Gasteiger partial charge in [0.1, 0.15) is 5.88 Å². The van der Waals surface area contributed by atoms with Crippen molar-refractivity contribution in [3.8, 4) is 0 Å². The molecule has 20 heavy (non-hydrogen) atoms. The molecule has 0 aliphatic heterocycles. The van der Waals surface area contributed by atoms with Crippen LogP contribution in [-0.2, 0) is 9.59 Å². The summed E-state index contributed by atoms with van der Waals surface area (Å²) in [5.74, 6) is -0.154. The fourth-order valence-corrected chi connectivity index (χ4v) is 2.01. The Morgan fingerprint density at radius 1 is 1.30 bits per heavy atom. The van der Waals surface area contributed by atoms with Crippen molar-refractivity contribution in [1.29, 1.82) is 0 Å². The van der Waals surface area contributed by atoms with Crippen LogP contribution in [0.1, 0.15) is 4.88 Å². The second kappa shape index (κ2) is 9.12. The van der Waals surface area contributed by atoms with Crippen molar-refractivity contribution >= 4 is 46.6 Å². The van der Waals surface area contributed by atoms with Crippen LogP contribution in [0.5, 0.6) is 0 Å². The number of nitrogens with one attached hydrogen (secondary N) is 2. The number of amides is 2. The lowest BCUT2D eigenvalue weighted by Gasteiger charge is -1.96. The summed E-state index contributed by atoms with van der Waals surface area (Å²) in [5.41, 5.74) is 1.66. The minimum atomic E-state index is -0.163. The SMILES string of the molecule is Cc1cc(NC(=O)CCl)cs1.O=CNc1ccccc1. The molecule has 0 radical (unpaired) electrons. The molecule has 2 N–H and O–H groups in total. The summed E-state index contributed by atoms with van der Waals surface area (Å²) in [5, 5.41) is 7.07. The first-order chi connectivity index (χ1) is 9.65. The Balaban J connectivity index is 0.000000204. The second-order valence-corrected chi connectivity index (χ2v) is 5.14. The smallest absolute Gasteiger partial charge is 0.239 e. The first kappa shape index (κ1) is 16.2. The molecule has 1 aromatic carbocycles. The highest BCUT2D eigenvalue weighted by molar-refractivity contribution is 7.10. The van der Waals surface area contributed by atoms with Crippen LogP contribution in [0.3, 0.4) is 0 Å². The van der Waals surface area contributed by atoms with Gasteiger partial charge in [-0.1, -0.05) is 18.2 Å². The molecule has 1 aromatic heterocycles. The number of aryl methyl sites for hydroxylation is 1. The normalized spacial score (nSPS) is 9.10. The topological polar surface area (TPSA) is 58.2 Å². The molecule has 0 atom stereocenters. The average molecular weight is 311 g/mol. The van der Waals surface area contributed by atoms with E-state index in [1.165, 1.54) is 4.88 Å². The lowest BCUT2D eigenvalue weighted by molar-refractivity contribution is -0.114. The van der Waals surface area contributed by atoms with Gasteiger partial charge in [-0.25, -0.2) is 0 Å². The van der Waals surface area contributed by atoms with Crippen LogP contribution in [0.25, 0.3) is 0 Å². The fraction of sp³-hybridized carbons (Fsp3) is 0.143. The van der Waals surface area contributed by atoms with E-state index in [-0.39, 0.29) is 11.8 Å². The summed E-state index contributed by atoms with van der Waals surface area (Å²) < 4.78 is 0. The van der Waals surface area contributed by atoms with Gasteiger partial charge in [-0.2, -0.15) is 0 Å². The third kappa shape index (κ3) is 6.36. The van der Waals surface area contributed by atoms with Gasteiger partial charge >= 0.3 is 0 Å². The third-order valence-electron chi connectivity index (χ3n) is 2.14. The van der Waals surface area contributed by atoms with Crippen molar-refractivity contribution in [3.05, 3.63) is 46.7 Å². The van der Waals surface area contributed by atoms with Crippen LogP contribution < -0.4 is 10.6 Å². The Labute approximate surface area is 126 Å².